The van der Waals surface area contributed by atoms with Crippen molar-refractivity contribution in [1.82, 2.24) is 30.0 Å². The number of hydrogen-bond donors (Lipinski definition) is 2. The van der Waals surface area contributed by atoms with Crippen LogP contribution in [-0.4, -0.2) is 30.6 Å². The van der Waals surface area contributed by atoms with E-state index >= 15 is 0 Å². The summed E-state index contributed by atoms with van der Waals surface area (Å²) >= 11 is 0. The molecular formula is C16H18N6O2. The lowest BCUT2D eigenvalue weighted by Crippen LogP contribution is -2.35. The summed E-state index contributed by atoms with van der Waals surface area (Å²) in [6.07, 6.45) is 1.44. The largest absolute Gasteiger partial charge is 0.339 e. The van der Waals surface area contributed by atoms with Crippen LogP contribution in [0.25, 0.3) is 10.9 Å². The number of carbonyl (C=O) groups excluding carboxylic acids is 1. The molecular weight excluding hydrogens is 308 g/mol. The van der Waals surface area contributed by atoms with Crippen LogP contribution in [-0.2, 0) is 7.05 Å². The van der Waals surface area contributed by atoms with Crippen molar-refractivity contribution in [3.63, 3.8) is 0 Å². The van der Waals surface area contributed by atoms with E-state index in [0.717, 1.165) is 0 Å². The summed E-state index contributed by atoms with van der Waals surface area (Å²) in [6, 6.07) is 6.54. The lowest BCUT2D eigenvalue weighted by atomic mass is 10.0. The van der Waals surface area contributed by atoms with E-state index < -0.39 is 5.91 Å². The molecule has 0 bridgehead atoms. The average Bonchev–Trinajstić information content (AvgIpc) is 2.97. The molecule has 0 radical (unpaired) electrons. The third-order valence-corrected chi connectivity index (χ3v) is 3.81. The summed E-state index contributed by atoms with van der Waals surface area (Å²) < 4.78 is 1.61. The Kier molecular flexibility index (Phi) is 4.11. The second-order valence-electron chi connectivity index (χ2n) is 5.87. The Hall–Kier alpha value is -3.03. The van der Waals surface area contributed by atoms with Gasteiger partial charge < -0.3 is 10.3 Å². The molecule has 1 amide bonds. The van der Waals surface area contributed by atoms with Crippen LogP contribution in [0.15, 0.2) is 35.4 Å². The van der Waals surface area contributed by atoms with Crippen LogP contribution in [0, 0.1) is 5.92 Å². The number of hydrogen-bond acceptors (Lipinski definition) is 5. The second-order valence-corrected chi connectivity index (χ2v) is 5.87. The monoisotopic (exact) mass is 326 g/mol. The number of rotatable bonds is 4. The highest BCUT2D eigenvalue weighted by Gasteiger charge is 2.24. The first kappa shape index (κ1) is 15.9. The molecule has 1 atom stereocenters. The number of nitrogens with zero attached hydrogens (tertiary/aromatic N) is 4. The highest BCUT2D eigenvalue weighted by Crippen LogP contribution is 2.19. The fourth-order valence-corrected chi connectivity index (χ4v) is 2.52. The number of benzene rings is 1. The van der Waals surface area contributed by atoms with E-state index in [1.54, 1.807) is 36.0 Å². The van der Waals surface area contributed by atoms with Gasteiger partial charge in [0.05, 0.1) is 16.9 Å². The van der Waals surface area contributed by atoms with Crippen LogP contribution >= 0.6 is 0 Å². The van der Waals surface area contributed by atoms with Crippen molar-refractivity contribution in [3.05, 3.63) is 52.6 Å². The molecule has 0 saturated carbocycles. The normalized spacial score (nSPS) is 12.5. The molecule has 1 aromatic carbocycles. The zero-order valence-corrected chi connectivity index (χ0v) is 13.6. The predicted molar refractivity (Wildman–Crippen MR) is 88.4 cm³/mol. The van der Waals surface area contributed by atoms with E-state index in [2.05, 4.69) is 25.4 Å². The van der Waals surface area contributed by atoms with E-state index in [4.69, 9.17) is 0 Å². The summed E-state index contributed by atoms with van der Waals surface area (Å²) in [7, 11) is 1.76. The fraction of sp³-hybridized carbons (Fsp3) is 0.312. The molecule has 2 aromatic heterocycles. The number of aromatic nitrogens is 5. The average molecular weight is 326 g/mol. The Morgan fingerprint density at radius 3 is 2.71 bits per heavy atom. The van der Waals surface area contributed by atoms with Gasteiger partial charge in [0, 0.05) is 7.05 Å². The van der Waals surface area contributed by atoms with E-state index in [0.29, 0.717) is 16.7 Å². The lowest BCUT2D eigenvalue weighted by molar-refractivity contribution is 0.0911. The molecule has 0 aliphatic carbocycles. The minimum Gasteiger partial charge on any atom is -0.339 e. The first-order valence-electron chi connectivity index (χ1n) is 7.61. The molecule has 3 rings (SSSR count). The van der Waals surface area contributed by atoms with Gasteiger partial charge in [-0.3, -0.25) is 14.3 Å². The molecule has 0 aliphatic heterocycles. The van der Waals surface area contributed by atoms with Crippen molar-refractivity contribution >= 4 is 16.8 Å². The van der Waals surface area contributed by atoms with Gasteiger partial charge in [0.1, 0.15) is 12.2 Å². The third kappa shape index (κ3) is 2.90. The van der Waals surface area contributed by atoms with Crippen molar-refractivity contribution in [2.75, 3.05) is 0 Å². The van der Waals surface area contributed by atoms with Gasteiger partial charge in [0.25, 0.3) is 11.5 Å². The molecule has 3 aromatic rings. The third-order valence-electron chi connectivity index (χ3n) is 3.81. The Labute approximate surface area is 137 Å². The van der Waals surface area contributed by atoms with E-state index in [-0.39, 0.29) is 23.3 Å². The molecule has 2 N–H and O–H groups in total. The van der Waals surface area contributed by atoms with Crippen molar-refractivity contribution < 1.29 is 4.79 Å². The van der Waals surface area contributed by atoms with Gasteiger partial charge in [-0.15, -0.1) is 0 Å². The molecule has 2 heterocycles. The summed E-state index contributed by atoms with van der Waals surface area (Å²) in [5, 5.41) is 7.36. The zero-order chi connectivity index (χ0) is 17.3. The second kappa shape index (κ2) is 6.23. The topological polar surface area (TPSA) is 106 Å². The molecule has 124 valence electrons. The minimum atomic E-state index is -0.459. The maximum Gasteiger partial charge on any atom is 0.287 e. The van der Waals surface area contributed by atoms with Crippen LogP contribution < -0.4 is 10.9 Å². The first-order chi connectivity index (χ1) is 11.5. The summed E-state index contributed by atoms with van der Waals surface area (Å²) in [4.78, 5) is 35.6. The molecule has 8 nitrogen and oxygen atoms in total. The molecule has 0 unspecified atom stereocenters. The van der Waals surface area contributed by atoms with Crippen LogP contribution in [0.3, 0.4) is 0 Å². The van der Waals surface area contributed by atoms with Gasteiger partial charge in [-0.2, -0.15) is 5.10 Å². The Bertz CT molecular complexity index is 943. The van der Waals surface area contributed by atoms with E-state index in [9.17, 15) is 9.59 Å². The zero-order valence-electron chi connectivity index (χ0n) is 13.6. The molecule has 0 aliphatic rings. The first-order valence-corrected chi connectivity index (χ1v) is 7.61. The number of amides is 1. The SMILES string of the molecule is CC(C)[C@@H](NC(=O)c1nc2ccccc2c(=O)[nH]1)c1ncnn1C. The van der Waals surface area contributed by atoms with Gasteiger partial charge in [-0.05, 0) is 18.1 Å². The number of aryl methyl sites for hydroxylation is 1. The number of para-hydroxylation sites is 1. The summed E-state index contributed by atoms with van der Waals surface area (Å²) in [5.74, 6) is 0.247. The fourth-order valence-electron chi connectivity index (χ4n) is 2.52. The van der Waals surface area contributed by atoms with Gasteiger partial charge in [0.15, 0.2) is 5.82 Å². The number of nitrogens with one attached hydrogen (secondary N) is 2. The Balaban J connectivity index is 1.94. The van der Waals surface area contributed by atoms with Crippen molar-refractivity contribution in [2.45, 2.75) is 19.9 Å². The van der Waals surface area contributed by atoms with Gasteiger partial charge in [0.2, 0.25) is 0 Å². The predicted octanol–water partition coefficient (Wildman–Crippen LogP) is 1.18. The van der Waals surface area contributed by atoms with Crippen LogP contribution in [0.4, 0.5) is 0 Å². The minimum absolute atomic E-state index is 0.0217. The standard InChI is InChI=1S/C16H18N6O2/c1-9(2)12(14-17-8-18-22(14)3)20-16(24)13-19-11-7-5-4-6-10(11)15(23)21-13/h4-9,12H,1-3H3,(H,20,24)(H,19,21,23)/t12-/m1/s1. The van der Waals surface area contributed by atoms with E-state index in [1.165, 1.54) is 6.33 Å². The van der Waals surface area contributed by atoms with Gasteiger partial charge in [-0.25, -0.2) is 9.97 Å². The Morgan fingerprint density at radius 1 is 1.29 bits per heavy atom. The highest BCUT2D eigenvalue weighted by atomic mass is 16.2. The molecule has 8 heteroatoms. The molecule has 0 fully saturated rings. The number of aromatic amines is 1. The number of carbonyl (C=O) groups is 1. The van der Waals surface area contributed by atoms with Gasteiger partial charge in [-0.1, -0.05) is 26.0 Å². The number of fused-ring (bicyclic) bond motifs is 1. The maximum absolute atomic E-state index is 12.6. The molecule has 24 heavy (non-hydrogen) atoms. The smallest absolute Gasteiger partial charge is 0.287 e. The van der Waals surface area contributed by atoms with Crippen LogP contribution in [0.1, 0.15) is 36.3 Å². The van der Waals surface area contributed by atoms with Gasteiger partial charge >= 0.3 is 0 Å². The highest BCUT2D eigenvalue weighted by molar-refractivity contribution is 5.92. The molecule has 0 spiro atoms. The molecule has 0 saturated heterocycles. The quantitative estimate of drug-likeness (QED) is 0.749. The summed E-state index contributed by atoms with van der Waals surface area (Å²) in [5.41, 5.74) is 0.136. The lowest BCUT2D eigenvalue weighted by Gasteiger charge is -2.21. The summed E-state index contributed by atoms with van der Waals surface area (Å²) in [6.45, 7) is 3.94. The van der Waals surface area contributed by atoms with E-state index in [1.807, 2.05) is 13.8 Å². The van der Waals surface area contributed by atoms with Crippen molar-refractivity contribution in [3.8, 4) is 0 Å². The van der Waals surface area contributed by atoms with Crippen LogP contribution in [0.2, 0.25) is 0 Å². The number of H-pyrrole nitrogens is 1. The van der Waals surface area contributed by atoms with Crippen molar-refractivity contribution in [2.24, 2.45) is 13.0 Å². The van der Waals surface area contributed by atoms with Crippen molar-refractivity contribution in [1.29, 1.82) is 0 Å². The maximum atomic E-state index is 12.6. The Morgan fingerprint density at radius 2 is 2.04 bits per heavy atom. The van der Waals surface area contributed by atoms with Crippen LogP contribution in [0.5, 0.6) is 0 Å².